The van der Waals surface area contributed by atoms with Crippen LogP contribution in [0.5, 0.6) is 5.75 Å². The summed E-state index contributed by atoms with van der Waals surface area (Å²) in [5.74, 6) is -0.408. The number of anilines is 2. The van der Waals surface area contributed by atoms with Crippen molar-refractivity contribution in [2.45, 2.75) is 12.4 Å². The number of hydrogen-bond donors (Lipinski definition) is 2. The minimum absolute atomic E-state index is 0.0313. The van der Waals surface area contributed by atoms with Crippen molar-refractivity contribution in [3.8, 4) is 11.8 Å². The molecule has 0 aliphatic rings. The molecular formula is C19H13F6N3O2. The Balaban J connectivity index is 2.26. The third kappa shape index (κ3) is 5.91. The average Bonchev–Trinajstić information content (AvgIpc) is 2.67. The number of ether oxygens (including phenoxy) is 1. The first kappa shape index (κ1) is 22.6. The normalized spacial score (nSPS) is 12.1. The average molecular weight is 429 g/mol. The molecule has 0 aromatic heterocycles. The van der Waals surface area contributed by atoms with Crippen LogP contribution in [0.3, 0.4) is 0 Å². The summed E-state index contributed by atoms with van der Waals surface area (Å²) in [6.45, 7) is 0. The Hall–Kier alpha value is -3.68. The van der Waals surface area contributed by atoms with E-state index in [-0.39, 0.29) is 6.07 Å². The molecule has 0 aliphatic carbocycles. The Morgan fingerprint density at radius 2 is 1.50 bits per heavy atom. The molecule has 0 heterocycles. The number of methoxy groups -OCH3 is 1. The monoisotopic (exact) mass is 429 g/mol. The molecule has 0 saturated heterocycles. The second-order valence-electron chi connectivity index (χ2n) is 5.79. The Kier molecular flexibility index (Phi) is 6.61. The zero-order chi connectivity index (χ0) is 22.5. The molecule has 11 heteroatoms. The summed E-state index contributed by atoms with van der Waals surface area (Å²) in [4.78, 5) is 12.1. The van der Waals surface area contributed by atoms with Crippen LogP contribution in [0.2, 0.25) is 0 Å². The summed E-state index contributed by atoms with van der Waals surface area (Å²) in [7, 11) is 1.44. The van der Waals surface area contributed by atoms with Crippen molar-refractivity contribution in [1.82, 2.24) is 0 Å². The molecule has 0 saturated carbocycles. The van der Waals surface area contributed by atoms with E-state index in [2.05, 4.69) is 10.6 Å². The van der Waals surface area contributed by atoms with Gasteiger partial charge in [0.2, 0.25) is 0 Å². The Bertz CT molecular complexity index is 957. The van der Waals surface area contributed by atoms with Crippen molar-refractivity contribution in [1.29, 1.82) is 5.26 Å². The van der Waals surface area contributed by atoms with Crippen LogP contribution in [0.15, 0.2) is 54.2 Å². The van der Waals surface area contributed by atoms with Gasteiger partial charge >= 0.3 is 12.4 Å². The lowest BCUT2D eigenvalue weighted by Crippen LogP contribution is -2.15. The first-order valence-electron chi connectivity index (χ1n) is 8.05. The zero-order valence-electron chi connectivity index (χ0n) is 15.2. The van der Waals surface area contributed by atoms with E-state index in [0.29, 0.717) is 29.8 Å². The Labute approximate surface area is 166 Å². The molecule has 2 aromatic carbocycles. The topological polar surface area (TPSA) is 74.1 Å². The molecule has 5 nitrogen and oxygen atoms in total. The van der Waals surface area contributed by atoms with E-state index in [1.54, 1.807) is 0 Å². The van der Waals surface area contributed by atoms with Crippen molar-refractivity contribution >= 4 is 17.3 Å². The van der Waals surface area contributed by atoms with Crippen LogP contribution in [-0.4, -0.2) is 13.0 Å². The van der Waals surface area contributed by atoms with E-state index < -0.39 is 40.6 Å². The molecule has 2 aromatic rings. The number of rotatable bonds is 5. The van der Waals surface area contributed by atoms with Crippen LogP contribution in [-0.2, 0) is 17.1 Å². The van der Waals surface area contributed by atoms with E-state index in [0.717, 1.165) is 0 Å². The molecule has 2 N–H and O–H groups in total. The number of carbonyl (C=O) groups excluding carboxylic acids is 1. The molecule has 30 heavy (non-hydrogen) atoms. The lowest BCUT2D eigenvalue weighted by molar-refractivity contribution is -0.143. The molecule has 1 amide bonds. The fraction of sp³-hybridized carbons (Fsp3) is 0.158. The van der Waals surface area contributed by atoms with Gasteiger partial charge in [-0.3, -0.25) is 4.79 Å². The highest BCUT2D eigenvalue weighted by Crippen LogP contribution is 2.37. The second-order valence-corrected chi connectivity index (χ2v) is 5.79. The van der Waals surface area contributed by atoms with Gasteiger partial charge in [-0.05, 0) is 42.5 Å². The first-order chi connectivity index (χ1) is 13.9. The summed E-state index contributed by atoms with van der Waals surface area (Å²) in [6.07, 6.45) is -9.33. The first-order valence-corrected chi connectivity index (χ1v) is 8.05. The van der Waals surface area contributed by atoms with Crippen LogP contribution < -0.4 is 15.4 Å². The van der Waals surface area contributed by atoms with Crippen molar-refractivity contribution in [3.63, 3.8) is 0 Å². The van der Waals surface area contributed by atoms with E-state index in [1.165, 1.54) is 37.4 Å². The predicted octanol–water partition coefficient (Wildman–Crippen LogP) is 5.19. The summed E-state index contributed by atoms with van der Waals surface area (Å²) in [5.41, 5.74) is -3.94. The van der Waals surface area contributed by atoms with Gasteiger partial charge in [0.15, 0.2) is 0 Å². The van der Waals surface area contributed by atoms with Crippen LogP contribution >= 0.6 is 0 Å². The Morgan fingerprint density at radius 3 is 1.93 bits per heavy atom. The number of alkyl halides is 6. The van der Waals surface area contributed by atoms with Crippen molar-refractivity contribution < 1.29 is 35.9 Å². The quantitative estimate of drug-likeness (QED) is 0.390. The van der Waals surface area contributed by atoms with Gasteiger partial charge in [0.05, 0.1) is 18.2 Å². The standard InChI is InChI=1S/C19H13F6N3O2/c1-30-16-4-2-14(3-5-16)28-17(29)11(9-26)10-27-15-7-12(18(20,21)22)6-13(8-15)19(23,24)25/h2-8,10,27H,1H3,(H,28,29)/b11-10-. The van der Waals surface area contributed by atoms with E-state index in [9.17, 15) is 31.1 Å². The van der Waals surface area contributed by atoms with Crippen molar-refractivity contribution in [2.24, 2.45) is 0 Å². The maximum atomic E-state index is 12.9. The minimum atomic E-state index is -5.02. The lowest BCUT2D eigenvalue weighted by Gasteiger charge is -2.14. The maximum absolute atomic E-state index is 12.9. The van der Waals surface area contributed by atoms with Gasteiger partial charge in [0.25, 0.3) is 5.91 Å². The molecule has 0 aliphatic heterocycles. The third-order valence-corrected chi connectivity index (χ3v) is 3.68. The fourth-order valence-electron chi connectivity index (χ4n) is 2.22. The van der Waals surface area contributed by atoms with Crippen LogP contribution in [0.4, 0.5) is 37.7 Å². The number of amides is 1. The van der Waals surface area contributed by atoms with Gasteiger partial charge in [0.1, 0.15) is 17.4 Å². The molecule has 2 rings (SSSR count). The highest BCUT2D eigenvalue weighted by Gasteiger charge is 2.36. The lowest BCUT2D eigenvalue weighted by atomic mass is 10.1. The fourth-order valence-corrected chi connectivity index (χ4v) is 2.22. The number of nitrogens with zero attached hydrogens (tertiary/aromatic N) is 1. The molecule has 0 spiro atoms. The number of halogens is 6. The summed E-state index contributed by atoms with van der Waals surface area (Å²) < 4.78 is 82.3. The number of carbonyl (C=O) groups is 1. The van der Waals surface area contributed by atoms with Crippen molar-refractivity contribution in [2.75, 3.05) is 17.7 Å². The molecule has 0 unspecified atom stereocenters. The van der Waals surface area contributed by atoms with E-state index in [4.69, 9.17) is 10.00 Å². The van der Waals surface area contributed by atoms with Crippen LogP contribution in [0.1, 0.15) is 11.1 Å². The van der Waals surface area contributed by atoms with Gasteiger partial charge in [0, 0.05) is 17.6 Å². The molecule has 0 fully saturated rings. The SMILES string of the molecule is COc1ccc(NC(=O)/C(C#N)=C\Nc2cc(C(F)(F)F)cc(C(F)(F)F)c2)cc1. The second kappa shape index (κ2) is 8.77. The highest BCUT2D eigenvalue weighted by molar-refractivity contribution is 6.06. The minimum Gasteiger partial charge on any atom is -0.497 e. The number of nitriles is 1. The van der Waals surface area contributed by atoms with Gasteiger partial charge < -0.3 is 15.4 Å². The summed E-state index contributed by atoms with van der Waals surface area (Å²) >= 11 is 0. The largest absolute Gasteiger partial charge is 0.497 e. The summed E-state index contributed by atoms with van der Waals surface area (Å²) in [6, 6.07) is 8.37. The van der Waals surface area contributed by atoms with Gasteiger partial charge in [-0.15, -0.1) is 0 Å². The van der Waals surface area contributed by atoms with Crippen molar-refractivity contribution in [3.05, 3.63) is 65.4 Å². The number of benzene rings is 2. The third-order valence-electron chi connectivity index (χ3n) is 3.68. The molecular weight excluding hydrogens is 416 g/mol. The number of hydrogen-bond acceptors (Lipinski definition) is 4. The van der Waals surface area contributed by atoms with Gasteiger partial charge in [-0.2, -0.15) is 31.6 Å². The van der Waals surface area contributed by atoms with Crippen LogP contribution in [0.25, 0.3) is 0 Å². The smallest absolute Gasteiger partial charge is 0.416 e. The predicted molar refractivity (Wildman–Crippen MR) is 95.4 cm³/mol. The van der Waals surface area contributed by atoms with E-state index in [1.807, 2.05) is 0 Å². The number of nitrogens with one attached hydrogen (secondary N) is 2. The van der Waals surface area contributed by atoms with E-state index >= 15 is 0 Å². The van der Waals surface area contributed by atoms with Gasteiger partial charge in [-0.1, -0.05) is 0 Å². The molecule has 0 atom stereocenters. The van der Waals surface area contributed by atoms with Crippen LogP contribution in [0, 0.1) is 11.3 Å². The molecule has 158 valence electrons. The molecule has 0 bridgehead atoms. The maximum Gasteiger partial charge on any atom is 0.416 e. The van der Waals surface area contributed by atoms with Gasteiger partial charge in [-0.25, -0.2) is 0 Å². The molecule has 0 radical (unpaired) electrons. The Morgan fingerprint density at radius 1 is 0.967 bits per heavy atom. The highest BCUT2D eigenvalue weighted by atomic mass is 19.4. The summed E-state index contributed by atoms with van der Waals surface area (Å²) in [5, 5.41) is 13.6. The zero-order valence-corrected chi connectivity index (χ0v) is 15.2.